The SMILES string of the molecule is CCOc1ccc2ccccc2c1/C=N/Nc1nc2ccccc2s1. The first-order valence-electron chi connectivity index (χ1n) is 8.14. The van der Waals surface area contributed by atoms with Gasteiger partial charge in [0.1, 0.15) is 5.75 Å². The highest BCUT2D eigenvalue weighted by Gasteiger charge is 2.07. The summed E-state index contributed by atoms with van der Waals surface area (Å²) in [6, 6.07) is 20.3. The Kier molecular flexibility index (Phi) is 4.31. The molecule has 0 aliphatic rings. The van der Waals surface area contributed by atoms with Crippen molar-refractivity contribution in [1.82, 2.24) is 4.98 Å². The van der Waals surface area contributed by atoms with E-state index < -0.39 is 0 Å². The summed E-state index contributed by atoms with van der Waals surface area (Å²) in [4.78, 5) is 4.53. The molecule has 1 heterocycles. The van der Waals surface area contributed by atoms with Crippen molar-refractivity contribution in [3.8, 4) is 5.75 Å². The Morgan fingerprint density at radius 2 is 1.92 bits per heavy atom. The minimum atomic E-state index is 0.616. The van der Waals surface area contributed by atoms with Crippen molar-refractivity contribution in [3.05, 3.63) is 66.2 Å². The Labute approximate surface area is 149 Å². The van der Waals surface area contributed by atoms with Crippen LogP contribution in [0.3, 0.4) is 0 Å². The van der Waals surface area contributed by atoms with Crippen LogP contribution in [0, 0.1) is 0 Å². The van der Waals surface area contributed by atoms with Gasteiger partial charge in [-0.2, -0.15) is 5.10 Å². The molecule has 1 aromatic heterocycles. The molecule has 4 nitrogen and oxygen atoms in total. The van der Waals surface area contributed by atoms with Crippen LogP contribution in [0.15, 0.2) is 65.8 Å². The molecule has 0 radical (unpaired) electrons. The highest BCUT2D eigenvalue weighted by atomic mass is 32.1. The minimum absolute atomic E-state index is 0.616. The van der Waals surface area contributed by atoms with Gasteiger partial charge in [0.2, 0.25) is 5.13 Å². The predicted molar refractivity (Wildman–Crippen MR) is 106 cm³/mol. The maximum absolute atomic E-state index is 5.76. The topological polar surface area (TPSA) is 46.5 Å². The minimum Gasteiger partial charge on any atom is -0.493 e. The molecule has 25 heavy (non-hydrogen) atoms. The fraction of sp³-hybridized carbons (Fsp3) is 0.100. The van der Waals surface area contributed by atoms with Gasteiger partial charge >= 0.3 is 0 Å². The van der Waals surface area contributed by atoms with Crippen LogP contribution in [-0.4, -0.2) is 17.8 Å². The van der Waals surface area contributed by atoms with Crippen LogP contribution in [0.25, 0.3) is 21.0 Å². The van der Waals surface area contributed by atoms with Crippen LogP contribution in [0.1, 0.15) is 12.5 Å². The molecule has 3 aromatic carbocycles. The lowest BCUT2D eigenvalue weighted by molar-refractivity contribution is 0.340. The third-order valence-corrected chi connectivity index (χ3v) is 4.82. The second-order valence-electron chi connectivity index (χ2n) is 5.49. The molecule has 1 N–H and O–H groups in total. The van der Waals surface area contributed by atoms with Gasteiger partial charge in [0.25, 0.3) is 0 Å². The highest BCUT2D eigenvalue weighted by Crippen LogP contribution is 2.28. The average molecular weight is 347 g/mol. The van der Waals surface area contributed by atoms with Crippen LogP contribution in [0.5, 0.6) is 5.75 Å². The fourth-order valence-electron chi connectivity index (χ4n) is 2.76. The van der Waals surface area contributed by atoms with Gasteiger partial charge in [-0.3, -0.25) is 5.43 Å². The molecule has 0 spiro atoms. The molecule has 5 heteroatoms. The van der Waals surface area contributed by atoms with Crippen molar-refractivity contribution < 1.29 is 4.74 Å². The van der Waals surface area contributed by atoms with Gasteiger partial charge in [-0.25, -0.2) is 4.98 Å². The monoisotopic (exact) mass is 347 g/mol. The van der Waals surface area contributed by atoms with Gasteiger partial charge in [-0.1, -0.05) is 53.8 Å². The maximum atomic E-state index is 5.76. The number of ether oxygens (including phenoxy) is 1. The lowest BCUT2D eigenvalue weighted by Crippen LogP contribution is -1.98. The molecule has 0 aliphatic carbocycles. The summed E-state index contributed by atoms with van der Waals surface area (Å²) in [5, 5.41) is 7.44. The zero-order chi connectivity index (χ0) is 17.1. The van der Waals surface area contributed by atoms with Crippen molar-refractivity contribution >= 4 is 43.7 Å². The number of hydrogen-bond acceptors (Lipinski definition) is 5. The first kappa shape index (κ1) is 15.6. The third-order valence-electron chi connectivity index (χ3n) is 3.88. The molecular weight excluding hydrogens is 330 g/mol. The molecule has 0 saturated heterocycles. The maximum Gasteiger partial charge on any atom is 0.204 e. The molecule has 4 aromatic rings. The van der Waals surface area contributed by atoms with Gasteiger partial charge < -0.3 is 4.74 Å². The smallest absolute Gasteiger partial charge is 0.204 e. The predicted octanol–water partition coefficient (Wildman–Crippen LogP) is 5.29. The van der Waals surface area contributed by atoms with Crippen molar-refractivity contribution in [2.24, 2.45) is 5.10 Å². The molecule has 0 atom stereocenters. The molecule has 0 fully saturated rings. The van der Waals surface area contributed by atoms with E-state index in [0.717, 1.165) is 37.4 Å². The Hall–Kier alpha value is -2.92. The number of rotatable bonds is 5. The largest absolute Gasteiger partial charge is 0.493 e. The molecule has 0 saturated carbocycles. The summed E-state index contributed by atoms with van der Waals surface area (Å²) < 4.78 is 6.90. The van der Waals surface area contributed by atoms with Crippen molar-refractivity contribution in [3.63, 3.8) is 0 Å². The van der Waals surface area contributed by atoms with Gasteiger partial charge in [0.05, 0.1) is 23.0 Å². The van der Waals surface area contributed by atoms with Gasteiger partial charge in [0.15, 0.2) is 0 Å². The van der Waals surface area contributed by atoms with E-state index in [1.165, 1.54) is 0 Å². The quantitative estimate of drug-likeness (QED) is 0.394. The van der Waals surface area contributed by atoms with E-state index in [1.807, 2.05) is 43.3 Å². The lowest BCUT2D eigenvalue weighted by Gasteiger charge is -2.10. The lowest BCUT2D eigenvalue weighted by atomic mass is 10.0. The van der Waals surface area contributed by atoms with Gasteiger partial charge in [-0.05, 0) is 35.9 Å². The molecule has 0 bridgehead atoms. The van der Waals surface area contributed by atoms with E-state index in [-0.39, 0.29) is 0 Å². The molecule has 0 aliphatic heterocycles. The summed E-state index contributed by atoms with van der Waals surface area (Å²) in [5.41, 5.74) is 4.98. The van der Waals surface area contributed by atoms with E-state index in [1.54, 1.807) is 17.6 Å². The number of hydrogen-bond donors (Lipinski definition) is 1. The van der Waals surface area contributed by atoms with E-state index in [9.17, 15) is 0 Å². The second kappa shape index (κ2) is 6.91. The Morgan fingerprint density at radius 1 is 1.08 bits per heavy atom. The molecule has 124 valence electrons. The number of hydrazone groups is 1. The number of anilines is 1. The summed E-state index contributed by atoms with van der Waals surface area (Å²) in [6.07, 6.45) is 1.80. The average Bonchev–Trinajstić information content (AvgIpc) is 3.06. The number of aromatic nitrogens is 1. The van der Waals surface area contributed by atoms with Gasteiger partial charge in [-0.15, -0.1) is 0 Å². The van der Waals surface area contributed by atoms with Crippen LogP contribution in [-0.2, 0) is 0 Å². The van der Waals surface area contributed by atoms with E-state index in [2.05, 4.69) is 39.8 Å². The Balaban J connectivity index is 1.66. The van der Waals surface area contributed by atoms with Crippen molar-refractivity contribution in [2.45, 2.75) is 6.92 Å². The summed E-state index contributed by atoms with van der Waals surface area (Å²) in [6.45, 7) is 2.60. The van der Waals surface area contributed by atoms with Gasteiger partial charge in [0, 0.05) is 5.56 Å². The number of para-hydroxylation sites is 1. The first-order chi connectivity index (χ1) is 12.3. The summed E-state index contributed by atoms with van der Waals surface area (Å²) >= 11 is 1.58. The molecule has 0 amide bonds. The van der Waals surface area contributed by atoms with Crippen LogP contribution < -0.4 is 10.2 Å². The van der Waals surface area contributed by atoms with E-state index >= 15 is 0 Å². The normalized spacial score (nSPS) is 11.4. The Morgan fingerprint density at radius 3 is 2.80 bits per heavy atom. The number of benzene rings is 3. The third kappa shape index (κ3) is 3.19. The molecular formula is C20H17N3OS. The summed E-state index contributed by atoms with van der Waals surface area (Å²) in [5.74, 6) is 0.830. The molecule has 0 unspecified atom stereocenters. The molecule has 4 rings (SSSR count). The number of nitrogens with zero attached hydrogens (tertiary/aromatic N) is 2. The van der Waals surface area contributed by atoms with Crippen molar-refractivity contribution in [2.75, 3.05) is 12.0 Å². The highest BCUT2D eigenvalue weighted by molar-refractivity contribution is 7.22. The Bertz CT molecular complexity index is 1020. The zero-order valence-electron chi connectivity index (χ0n) is 13.8. The zero-order valence-corrected chi connectivity index (χ0v) is 14.6. The number of fused-ring (bicyclic) bond motifs is 2. The number of thiazole rings is 1. The van der Waals surface area contributed by atoms with Crippen LogP contribution in [0.4, 0.5) is 5.13 Å². The number of nitrogens with one attached hydrogen (secondary N) is 1. The van der Waals surface area contributed by atoms with E-state index in [4.69, 9.17) is 4.74 Å². The summed E-state index contributed by atoms with van der Waals surface area (Å²) in [7, 11) is 0. The van der Waals surface area contributed by atoms with Crippen molar-refractivity contribution in [1.29, 1.82) is 0 Å². The van der Waals surface area contributed by atoms with Crippen LogP contribution >= 0.6 is 11.3 Å². The fourth-order valence-corrected chi connectivity index (χ4v) is 3.58. The van der Waals surface area contributed by atoms with Crippen LogP contribution in [0.2, 0.25) is 0 Å². The first-order valence-corrected chi connectivity index (χ1v) is 8.96. The van der Waals surface area contributed by atoms with E-state index in [0.29, 0.717) is 6.61 Å². The standard InChI is InChI=1S/C20H17N3OS/c1-2-24-18-12-11-14-7-3-4-8-15(14)16(18)13-21-23-20-22-17-9-5-6-10-19(17)25-20/h3-13H,2H2,1H3,(H,22,23)/b21-13+. The second-order valence-corrected chi connectivity index (χ2v) is 6.52.